The van der Waals surface area contributed by atoms with Crippen LogP contribution in [0, 0.1) is 0 Å². The van der Waals surface area contributed by atoms with Crippen LogP contribution in [0.1, 0.15) is 27.0 Å². The van der Waals surface area contributed by atoms with Gasteiger partial charge < -0.3 is 14.7 Å². The van der Waals surface area contributed by atoms with E-state index in [4.69, 9.17) is 22.1 Å². The molecule has 1 heterocycles. The van der Waals surface area contributed by atoms with Crippen molar-refractivity contribution in [1.29, 1.82) is 0 Å². The highest BCUT2D eigenvalue weighted by Gasteiger charge is 2.33. The Morgan fingerprint density at radius 1 is 0.881 bits per heavy atom. The van der Waals surface area contributed by atoms with Gasteiger partial charge in [-0.15, -0.1) is 0 Å². The van der Waals surface area contributed by atoms with E-state index in [0.717, 1.165) is 33.5 Å². The van der Waals surface area contributed by atoms with Crippen LogP contribution in [-0.2, 0) is 22.7 Å². The minimum Gasteiger partial charge on any atom is -0.488 e. The largest absolute Gasteiger partial charge is 0.488 e. The first kappa shape index (κ1) is 28.8. The van der Waals surface area contributed by atoms with E-state index in [-0.39, 0.29) is 21.7 Å². The Balaban J connectivity index is 1.53. The van der Waals surface area contributed by atoms with Crippen LogP contribution in [0.15, 0.2) is 114 Å². The molecule has 0 aromatic heterocycles. The third-order valence-corrected chi connectivity index (χ3v) is 7.81. The zero-order valence-corrected chi connectivity index (χ0v) is 24.0. The molecule has 0 atom stereocenters. The molecule has 0 unspecified atom stereocenters. The average Bonchev–Trinajstić information content (AvgIpc) is 3.27. The second-order valence-electron chi connectivity index (χ2n) is 9.40. The lowest BCUT2D eigenvalue weighted by molar-refractivity contribution is -0.140. The van der Waals surface area contributed by atoms with Crippen LogP contribution in [0.3, 0.4) is 0 Å². The van der Waals surface area contributed by atoms with Gasteiger partial charge >= 0.3 is 5.97 Å². The van der Waals surface area contributed by atoms with E-state index >= 15 is 0 Å². The van der Waals surface area contributed by atoms with Gasteiger partial charge in [0.1, 0.15) is 23.2 Å². The monoisotopic (exact) mass is 594 g/mol. The first-order chi connectivity index (χ1) is 20.4. The fraction of sp³-hybridized carbons (Fsp3) is 0.0909. The normalized spacial score (nSPS) is 13.8. The molecule has 210 valence electrons. The van der Waals surface area contributed by atoms with Gasteiger partial charge in [-0.1, -0.05) is 109 Å². The lowest BCUT2D eigenvalue weighted by Gasteiger charge is -2.24. The number of carboxylic acids is 1. The number of amides is 2. The number of hydrogen-bond donors (Lipinski definition) is 1. The number of carbonyl (C=O) groups is 3. The fourth-order valence-electron chi connectivity index (χ4n) is 4.39. The summed E-state index contributed by atoms with van der Waals surface area (Å²) in [4.78, 5) is 41.4. The molecule has 42 heavy (non-hydrogen) atoms. The second kappa shape index (κ2) is 13.3. The second-order valence-corrected chi connectivity index (χ2v) is 11.1. The van der Waals surface area contributed by atoms with Gasteiger partial charge in [-0.2, -0.15) is 0 Å². The Kier molecular flexibility index (Phi) is 9.11. The number of benzene rings is 4. The number of nitrogens with zero attached hydrogens (tertiary/aromatic N) is 2. The predicted molar refractivity (Wildman–Crippen MR) is 168 cm³/mol. The Morgan fingerprint density at radius 2 is 1.50 bits per heavy atom. The van der Waals surface area contributed by atoms with E-state index in [1.807, 2.05) is 91.0 Å². The van der Waals surface area contributed by atoms with E-state index in [0.29, 0.717) is 23.4 Å². The van der Waals surface area contributed by atoms with Crippen LogP contribution >= 0.6 is 24.0 Å². The Bertz CT molecular complexity index is 1640. The molecule has 9 heteroatoms. The van der Waals surface area contributed by atoms with Crippen molar-refractivity contribution in [3.63, 3.8) is 0 Å². The van der Waals surface area contributed by atoms with Crippen LogP contribution < -0.4 is 9.64 Å². The molecular formula is C33H26N2O5S2. The number of para-hydroxylation sites is 1. The molecule has 0 bridgehead atoms. The summed E-state index contributed by atoms with van der Waals surface area (Å²) < 4.78 is 6.34. The standard InChI is InChI=1S/C33H26N2O5S2/c36-30(37)21-35-32(39)29(42-33(35)41)19-25-16-17-28(40-22-24-12-6-2-7-13-24)27(18-25)31(38)34(26-14-8-3-9-15-26)20-23-10-4-1-5-11-23/h1-19H,20-22H2,(H,36,37). The minimum absolute atomic E-state index is 0.172. The molecule has 1 N–H and O–H groups in total. The van der Waals surface area contributed by atoms with E-state index in [1.165, 1.54) is 0 Å². The molecule has 1 aliphatic heterocycles. The van der Waals surface area contributed by atoms with Crippen molar-refractivity contribution in [3.8, 4) is 5.75 Å². The number of thioether (sulfide) groups is 1. The van der Waals surface area contributed by atoms with Gasteiger partial charge in [-0.25, -0.2) is 0 Å². The topological polar surface area (TPSA) is 87.1 Å². The fourth-order valence-corrected chi connectivity index (χ4v) is 5.64. The van der Waals surface area contributed by atoms with Crippen molar-refractivity contribution in [2.24, 2.45) is 0 Å². The van der Waals surface area contributed by atoms with Gasteiger partial charge in [0.25, 0.3) is 11.8 Å². The summed E-state index contributed by atoms with van der Waals surface area (Å²) in [5.74, 6) is -1.52. The van der Waals surface area contributed by atoms with Crippen LogP contribution in [-0.4, -0.2) is 38.7 Å². The summed E-state index contributed by atoms with van der Waals surface area (Å²) in [5.41, 5.74) is 3.53. The van der Waals surface area contributed by atoms with Gasteiger partial charge in [-0.05, 0) is 47.0 Å². The van der Waals surface area contributed by atoms with E-state index in [1.54, 1.807) is 29.2 Å². The van der Waals surface area contributed by atoms with Gasteiger partial charge in [0, 0.05) is 5.69 Å². The zero-order valence-electron chi connectivity index (χ0n) is 22.4. The first-order valence-corrected chi connectivity index (χ1v) is 14.3. The van der Waals surface area contributed by atoms with E-state index in [9.17, 15) is 14.4 Å². The molecule has 0 aliphatic carbocycles. The third kappa shape index (κ3) is 6.94. The quantitative estimate of drug-likeness (QED) is 0.168. The lowest BCUT2D eigenvalue weighted by Crippen LogP contribution is -2.33. The summed E-state index contributed by atoms with van der Waals surface area (Å²) in [6.07, 6.45) is 1.61. The number of rotatable bonds is 10. The number of hydrogen-bond acceptors (Lipinski definition) is 6. The van der Waals surface area contributed by atoms with Gasteiger partial charge in [-0.3, -0.25) is 19.3 Å². The first-order valence-electron chi connectivity index (χ1n) is 13.1. The number of anilines is 1. The van der Waals surface area contributed by atoms with Crippen LogP contribution in [0.4, 0.5) is 5.69 Å². The smallest absolute Gasteiger partial charge is 0.323 e. The molecule has 0 radical (unpaired) electrons. The van der Waals surface area contributed by atoms with Crippen molar-refractivity contribution in [2.45, 2.75) is 13.2 Å². The molecular weight excluding hydrogens is 569 g/mol. The maximum Gasteiger partial charge on any atom is 0.323 e. The minimum atomic E-state index is -1.15. The SMILES string of the molecule is O=C(O)CN1C(=O)C(=Cc2ccc(OCc3ccccc3)c(C(=O)N(Cc3ccccc3)c3ccccc3)c2)SC1=S. The third-order valence-electron chi connectivity index (χ3n) is 6.43. The summed E-state index contributed by atoms with van der Waals surface area (Å²) in [6.45, 7) is 0.0851. The van der Waals surface area contributed by atoms with Gasteiger partial charge in [0.05, 0.1) is 17.0 Å². The summed E-state index contributed by atoms with van der Waals surface area (Å²) in [6, 6.07) is 33.9. The molecule has 1 saturated heterocycles. The molecule has 4 aromatic carbocycles. The molecule has 4 aromatic rings. The number of aliphatic carboxylic acids is 1. The Morgan fingerprint density at radius 3 is 2.14 bits per heavy atom. The summed E-state index contributed by atoms with van der Waals surface area (Å²) in [5, 5.41) is 9.16. The summed E-state index contributed by atoms with van der Waals surface area (Å²) in [7, 11) is 0. The molecule has 2 amide bonds. The zero-order chi connectivity index (χ0) is 29.5. The van der Waals surface area contributed by atoms with Crippen molar-refractivity contribution in [1.82, 2.24) is 4.90 Å². The van der Waals surface area contributed by atoms with Crippen LogP contribution in [0.25, 0.3) is 6.08 Å². The molecule has 7 nitrogen and oxygen atoms in total. The van der Waals surface area contributed by atoms with Crippen molar-refractivity contribution < 1.29 is 24.2 Å². The Labute approximate surface area is 253 Å². The molecule has 0 saturated carbocycles. The molecule has 0 spiro atoms. The van der Waals surface area contributed by atoms with Gasteiger partial charge in [0.15, 0.2) is 0 Å². The highest BCUT2D eigenvalue weighted by Crippen LogP contribution is 2.34. The molecule has 5 rings (SSSR count). The number of carbonyl (C=O) groups excluding carboxylic acids is 2. The average molecular weight is 595 g/mol. The highest BCUT2D eigenvalue weighted by atomic mass is 32.2. The van der Waals surface area contributed by atoms with Crippen LogP contribution in [0.5, 0.6) is 5.75 Å². The lowest BCUT2D eigenvalue weighted by atomic mass is 10.1. The van der Waals surface area contributed by atoms with E-state index < -0.39 is 18.4 Å². The van der Waals surface area contributed by atoms with Crippen molar-refractivity contribution >= 4 is 57.8 Å². The maximum absolute atomic E-state index is 14.3. The highest BCUT2D eigenvalue weighted by molar-refractivity contribution is 8.26. The van der Waals surface area contributed by atoms with Gasteiger partial charge in [0.2, 0.25) is 0 Å². The predicted octanol–water partition coefficient (Wildman–Crippen LogP) is 6.40. The molecule has 1 fully saturated rings. The maximum atomic E-state index is 14.3. The summed E-state index contributed by atoms with van der Waals surface area (Å²) >= 11 is 6.26. The van der Waals surface area contributed by atoms with E-state index in [2.05, 4.69) is 0 Å². The number of carboxylic acid groups (broad SMARTS) is 1. The van der Waals surface area contributed by atoms with Crippen molar-refractivity contribution in [2.75, 3.05) is 11.4 Å². The van der Waals surface area contributed by atoms with Crippen LogP contribution in [0.2, 0.25) is 0 Å². The Hall–Kier alpha value is -4.73. The van der Waals surface area contributed by atoms with Crippen molar-refractivity contribution in [3.05, 3.63) is 136 Å². The number of thiocarbonyl (C=S) groups is 1. The number of ether oxygens (including phenoxy) is 1. The molecule has 1 aliphatic rings.